The molecule has 0 radical (unpaired) electrons. The van der Waals surface area contributed by atoms with E-state index in [0.717, 1.165) is 10.7 Å². The van der Waals surface area contributed by atoms with Crippen molar-refractivity contribution in [1.29, 1.82) is 0 Å². The normalized spacial score (nSPS) is 14.9. The van der Waals surface area contributed by atoms with Crippen molar-refractivity contribution in [1.82, 2.24) is 0 Å². The lowest BCUT2D eigenvalue weighted by atomic mass is 10.1. The van der Waals surface area contributed by atoms with Gasteiger partial charge in [-0.1, -0.05) is 18.0 Å². The van der Waals surface area contributed by atoms with E-state index in [9.17, 15) is 0 Å². The van der Waals surface area contributed by atoms with Crippen molar-refractivity contribution in [3.05, 3.63) is 45.8 Å². The number of halogens is 1. The minimum absolute atomic E-state index is 0.780. The van der Waals surface area contributed by atoms with E-state index in [1.165, 1.54) is 37.1 Å². The van der Waals surface area contributed by atoms with Crippen molar-refractivity contribution in [2.24, 2.45) is 0 Å². The molecule has 0 atom stereocenters. The van der Waals surface area contributed by atoms with Crippen LogP contribution >= 0.6 is 22.9 Å². The first kappa shape index (κ1) is 12.1. The summed E-state index contributed by atoms with van der Waals surface area (Å²) in [6.07, 6.45) is 6.55. The minimum atomic E-state index is 0.780. The van der Waals surface area contributed by atoms with Crippen LogP contribution in [0.15, 0.2) is 30.3 Å². The second-order valence-electron chi connectivity index (χ2n) is 4.75. The molecule has 0 saturated carbocycles. The van der Waals surface area contributed by atoms with Crippen LogP contribution in [0.5, 0.6) is 0 Å². The van der Waals surface area contributed by atoms with E-state index in [4.69, 9.17) is 11.6 Å². The van der Waals surface area contributed by atoms with Gasteiger partial charge in [-0.05, 0) is 61.6 Å². The molecule has 2 aromatic rings. The van der Waals surface area contributed by atoms with Crippen LogP contribution < -0.4 is 5.32 Å². The summed E-state index contributed by atoms with van der Waals surface area (Å²) in [5.41, 5.74) is 2.66. The molecule has 3 heteroatoms. The van der Waals surface area contributed by atoms with E-state index < -0.39 is 0 Å². The summed E-state index contributed by atoms with van der Waals surface area (Å²) in [6, 6.07) is 10.2. The first-order valence-corrected chi connectivity index (χ1v) is 7.65. The smallest absolute Gasteiger partial charge is 0.0932 e. The van der Waals surface area contributed by atoms with Crippen LogP contribution in [0, 0.1) is 0 Å². The van der Waals surface area contributed by atoms with Gasteiger partial charge in [-0.3, -0.25) is 0 Å². The second kappa shape index (κ2) is 5.33. The summed E-state index contributed by atoms with van der Waals surface area (Å²) in [4.78, 5) is 1.57. The Morgan fingerprint density at radius 1 is 1.00 bits per heavy atom. The molecule has 1 nitrogen and oxygen atoms in total. The summed E-state index contributed by atoms with van der Waals surface area (Å²) in [7, 11) is 0. The van der Waals surface area contributed by atoms with Gasteiger partial charge >= 0.3 is 0 Å². The fraction of sp³-hybridized carbons (Fsp3) is 0.333. The van der Waals surface area contributed by atoms with Gasteiger partial charge in [-0.25, -0.2) is 0 Å². The zero-order valence-corrected chi connectivity index (χ0v) is 11.8. The number of hydrogen-bond acceptors (Lipinski definition) is 2. The van der Waals surface area contributed by atoms with E-state index in [2.05, 4.69) is 11.4 Å². The fourth-order valence-electron chi connectivity index (χ4n) is 2.40. The Bertz CT molecular complexity index is 506. The molecule has 3 rings (SSSR count). The van der Waals surface area contributed by atoms with Crippen LogP contribution in [0.1, 0.15) is 29.7 Å². The summed E-state index contributed by atoms with van der Waals surface area (Å²) in [6.45, 7) is 0. The molecular weight excluding hydrogens is 262 g/mol. The van der Waals surface area contributed by atoms with Gasteiger partial charge < -0.3 is 5.32 Å². The largest absolute Gasteiger partial charge is 0.347 e. The molecule has 0 spiro atoms. The lowest BCUT2D eigenvalue weighted by Crippen LogP contribution is -1.86. The molecule has 1 N–H and O–H groups in total. The Morgan fingerprint density at radius 3 is 2.61 bits per heavy atom. The first-order chi connectivity index (χ1) is 8.81. The minimum Gasteiger partial charge on any atom is -0.347 e. The topological polar surface area (TPSA) is 12.0 Å². The molecule has 0 saturated heterocycles. The zero-order valence-electron chi connectivity index (χ0n) is 10.2. The van der Waals surface area contributed by atoms with Gasteiger partial charge in [0.15, 0.2) is 0 Å². The number of benzene rings is 1. The number of anilines is 2. The number of rotatable bonds is 2. The maximum absolute atomic E-state index is 5.89. The van der Waals surface area contributed by atoms with Crippen LogP contribution in [0.4, 0.5) is 10.7 Å². The molecule has 0 amide bonds. The lowest BCUT2D eigenvalue weighted by molar-refractivity contribution is 0.713. The Hall–Kier alpha value is -0.990. The van der Waals surface area contributed by atoms with Crippen LogP contribution in [-0.2, 0) is 12.8 Å². The molecule has 0 fully saturated rings. The molecular formula is C15H16ClNS. The molecule has 0 unspecified atom stereocenters. The molecule has 0 bridgehead atoms. The third kappa shape index (κ3) is 2.70. The number of fused-ring (bicyclic) bond motifs is 1. The molecule has 1 heterocycles. The van der Waals surface area contributed by atoms with E-state index in [1.807, 2.05) is 35.6 Å². The molecule has 94 valence electrons. The van der Waals surface area contributed by atoms with Crippen molar-refractivity contribution < 1.29 is 0 Å². The van der Waals surface area contributed by atoms with Gasteiger partial charge in [0.1, 0.15) is 0 Å². The summed E-state index contributed by atoms with van der Waals surface area (Å²) >= 11 is 7.79. The number of nitrogens with one attached hydrogen (secondary N) is 1. The van der Waals surface area contributed by atoms with E-state index in [0.29, 0.717) is 0 Å². The molecule has 1 aromatic heterocycles. The third-order valence-electron chi connectivity index (χ3n) is 3.36. The van der Waals surface area contributed by atoms with Gasteiger partial charge in [0, 0.05) is 15.6 Å². The maximum atomic E-state index is 5.89. The molecule has 1 aliphatic carbocycles. The highest BCUT2D eigenvalue weighted by molar-refractivity contribution is 7.16. The van der Waals surface area contributed by atoms with Gasteiger partial charge in [0.25, 0.3) is 0 Å². The van der Waals surface area contributed by atoms with E-state index in [-0.39, 0.29) is 0 Å². The molecule has 18 heavy (non-hydrogen) atoms. The van der Waals surface area contributed by atoms with Gasteiger partial charge in [-0.15, -0.1) is 11.3 Å². The first-order valence-electron chi connectivity index (χ1n) is 6.45. The standard InChI is InChI=1S/C15H16ClNS/c16-12-6-8-13(9-7-12)17-15-10-11-4-2-1-3-5-14(11)18-15/h6-10,17H,1-5H2. The van der Waals surface area contributed by atoms with Crippen LogP contribution in [0.3, 0.4) is 0 Å². The zero-order chi connectivity index (χ0) is 12.4. The van der Waals surface area contributed by atoms with E-state index in [1.54, 1.807) is 10.4 Å². The predicted octanol–water partition coefficient (Wildman–Crippen LogP) is 5.41. The predicted molar refractivity (Wildman–Crippen MR) is 80.3 cm³/mol. The Morgan fingerprint density at radius 2 is 1.78 bits per heavy atom. The highest BCUT2D eigenvalue weighted by Gasteiger charge is 2.12. The van der Waals surface area contributed by atoms with Crippen LogP contribution in [-0.4, -0.2) is 0 Å². The van der Waals surface area contributed by atoms with Crippen molar-refractivity contribution in [2.75, 3.05) is 5.32 Å². The Kier molecular flexibility index (Phi) is 3.57. The highest BCUT2D eigenvalue weighted by atomic mass is 35.5. The third-order valence-corrected chi connectivity index (χ3v) is 4.76. The average molecular weight is 278 g/mol. The van der Waals surface area contributed by atoms with Crippen molar-refractivity contribution in [2.45, 2.75) is 32.1 Å². The number of thiophene rings is 1. The van der Waals surface area contributed by atoms with Crippen molar-refractivity contribution in [3.8, 4) is 0 Å². The average Bonchev–Trinajstić information content (AvgIpc) is 2.62. The second-order valence-corrected chi connectivity index (χ2v) is 6.32. The van der Waals surface area contributed by atoms with Gasteiger partial charge in [-0.2, -0.15) is 0 Å². The van der Waals surface area contributed by atoms with E-state index >= 15 is 0 Å². The number of hydrogen-bond donors (Lipinski definition) is 1. The molecule has 0 aliphatic heterocycles. The molecule has 1 aliphatic rings. The molecule has 1 aromatic carbocycles. The number of aryl methyl sites for hydroxylation is 2. The summed E-state index contributed by atoms with van der Waals surface area (Å²) in [5.74, 6) is 0. The Balaban J connectivity index is 1.79. The van der Waals surface area contributed by atoms with Crippen LogP contribution in [0.25, 0.3) is 0 Å². The van der Waals surface area contributed by atoms with Gasteiger partial charge in [0.05, 0.1) is 5.00 Å². The SMILES string of the molecule is Clc1ccc(Nc2cc3c(s2)CCCCC3)cc1. The van der Waals surface area contributed by atoms with Crippen LogP contribution in [0.2, 0.25) is 5.02 Å². The van der Waals surface area contributed by atoms with Gasteiger partial charge in [0.2, 0.25) is 0 Å². The van der Waals surface area contributed by atoms with Crippen molar-refractivity contribution in [3.63, 3.8) is 0 Å². The fourth-order valence-corrected chi connectivity index (χ4v) is 3.70. The summed E-state index contributed by atoms with van der Waals surface area (Å²) < 4.78 is 0. The lowest BCUT2D eigenvalue weighted by Gasteiger charge is -2.03. The quantitative estimate of drug-likeness (QED) is 0.723. The van der Waals surface area contributed by atoms with Crippen molar-refractivity contribution >= 4 is 33.6 Å². The highest BCUT2D eigenvalue weighted by Crippen LogP contribution is 2.33. The monoisotopic (exact) mass is 277 g/mol. The Labute approximate surface area is 117 Å². The summed E-state index contributed by atoms with van der Waals surface area (Å²) in [5, 5.41) is 5.50. The maximum Gasteiger partial charge on any atom is 0.0932 e.